The number of alkyl halides is 3. The predicted octanol–water partition coefficient (Wildman–Crippen LogP) is 5.89. The number of hydrogen-bond acceptors (Lipinski definition) is 4. The molecule has 0 fully saturated rings. The average molecular weight is 358 g/mol. The van der Waals surface area contributed by atoms with E-state index in [1.54, 1.807) is 0 Å². The quantitative estimate of drug-likeness (QED) is 0.619. The molecule has 2 rings (SSSR count). The zero-order chi connectivity index (χ0) is 18.8. The molecule has 0 bridgehead atoms. The molecule has 0 aliphatic carbocycles. The van der Waals surface area contributed by atoms with Gasteiger partial charge in [-0.05, 0) is 25.7 Å². The molecule has 0 aliphatic heterocycles. The summed E-state index contributed by atoms with van der Waals surface area (Å²) in [6.45, 7) is 10.0. The molecule has 0 aliphatic rings. The largest absolute Gasteiger partial charge is 0.393 e. The molecule has 25 heavy (non-hydrogen) atoms. The topological polar surface area (TPSA) is 52.1 Å². The highest BCUT2D eigenvalue weighted by molar-refractivity contribution is 5.28. The molecule has 7 heteroatoms. The predicted molar refractivity (Wildman–Crippen MR) is 87.7 cm³/mol. The molecule has 2 aromatic rings. The van der Waals surface area contributed by atoms with Gasteiger partial charge in [-0.3, -0.25) is 0 Å². The fraction of sp³-hybridized carbons (Fsp3) is 0.667. The Kier molecular flexibility index (Phi) is 5.95. The van der Waals surface area contributed by atoms with E-state index >= 15 is 0 Å². The van der Waals surface area contributed by atoms with Crippen molar-refractivity contribution in [2.45, 2.75) is 77.8 Å². The van der Waals surface area contributed by atoms with Crippen LogP contribution in [0.3, 0.4) is 0 Å². The van der Waals surface area contributed by atoms with Gasteiger partial charge in [-0.25, -0.2) is 0 Å². The third-order valence-corrected chi connectivity index (χ3v) is 4.53. The van der Waals surface area contributed by atoms with Crippen LogP contribution >= 0.6 is 0 Å². The maximum absolute atomic E-state index is 12.6. The Morgan fingerprint density at radius 1 is 1.04 bits per heavy atom. The normalized spacial score (nSPS) is 14.9. The number of halogens is 3. The van der Waals surface area contributed by atoms with Crippen molar-refractivity contribution in [3.63, 3.8) is 0 Å². The molecule has 2 heterocycles. The summed E-state index contributed by atoms with van der Waals surface area (Å²) >= 11 is 0. The van der Waals surface area contributed by atoms with Crippen LogP contribution in [0.1, 0.15) is 86.6 Å². The van der Waals surface area contributed by atoms with Gasteiger partial charge in [0.1, 0.15) is 12.0 Å². The highest BCUT2D eigenvalue weighted by atomic mass is 19.4. The molecule has 2 unspecified atom stereocenters. The zero-order valence-electron chi connectivity index (χ0n) is 15.3. The molecular weight excluding hydrogens is 333 g/mol. The molecule has 0 saturated heterocycles. The smallest absolute Gasteiger partial charge is 0.364 e. The Labute approximate surface area is 145 Å². The first-order valence-electron chi connectivity index (χ1n) is 8.56. The van der Waals surface area contributed by atoms with E-state index in [2.05, 4.69) is 31.1 Å². The van der Waals surface area contributed by atoms with Gasteiger partial charge in [-0.1, -0.05) is 38.0 Å². The van der Waals surface area contributed by atoms with Crippen molar-refractivity contribution in [1.29, 1.82) is 0 Å². The molecule has 2 atom stereocenters. The van der Waals surface area contributed by atoms with Crippen LogP contribution in [0.5, 0.6) is 0 Å². The molecule has 0 aromatic carbocycles. The van der Waals surface area contributed by atoms with E-state index in [4.69, 9.17) is 9.05 Å². The minimum absolute atomic E-state index is 0.117. The number of rotatable bonds is 7. The van der Waals surface area contributed by atoms with Crippen LogP contribution in [0, 0.1) is 6.92 Å². The summed E-state index contributed by atoms with van der Waals surface area (Å²) in [6, 6.07) is 0. The third-order valence-electron chi connectivity index (χ3n) is 4.53. The summed E-state index contributed by atoms with van der Waals surface area (Å²) in [5.41, 5.74) is 2.53. The van der Waals surface area contributed by atoms with Crippen molar-refractivity contribution in [2.75, 3.05) is 0 Å². The maximum atomic E-state index is 12.6. The second-order valence-corrected chi connectivity index (χ2v) is 7.10. The lowest BCUT2D eigenvalue weighted by Crippen LogP contribution is -2.13. The van der Waals surface area contributed by atoms with E-state index in [-0.39, 0.29) is 17.4 Å². The molecule has 0 saturated carbocycles. The Balaban J connectivity index is 2.03. The zero-order valence-corrected chi connectivity index (χ0v) is 15.3. The van der Waals surface area contributed by atoms with Crippen LogP contribution in [0.4, 0.5) is 13.2 Å². The number of aromatic nitrogens is 2. The lowest BCUT2D eigenvalue weighted by molar-refractivity contribution is -0.127. The number of hydrogen-bond donors (Lipinski definition) is 0. The van der Waals surface area contributed by atoms with Gasteiger partial charge in [0.25, 0.3) is 0 Å². The minimum atomic E-state index is -4.27. The first-order chi connectivity index (χ1) is 11.6. The first kappa shape index (κ1) is 19.5. The molecule has 140 valence electrons. The molecular formula is C18H25F3N2O2. The SMILES string of the molecule is Cc1noc(C(C)CCC(C)c2nocc2CC(F)(F)F)c1C(C)C. The summed E-state index contributed by atoms with van der Waals surface area (Å²) in [5.74, 6) is 1.20. The second kappa shape index (κ2) is 7.62. The summed E-state index contributed by atoms with van der Waals surface area (Å²) in [7, 11) is 0. The Hall–Kier alpha value is -1.79. The summed E-state index contributed by atoms with van der Waals surface area (Å²) in [6.07, 6.45) is -2.72. The van der Waals surface area contributed by atoms with Gasteiger partial charge in [0, 0.05) is 23.0 Å². The van der Waals surface area contributed by atoms with Gasteiger partial charge < -0.3 is 9.05 Å². The molecule has 4 nitrogen and oxygen atoms in total. The van der Waals surface area contributed by atoms with E-state index in [0.717, 1.165) is 29.7 Å². The third kappa shape index (κ3) is 4.86. The van der Waals surface area contributed by atoms with Gasteiger partial charge in [0.2, 0.25) is 0 Å². The van der Waals surface area contributed by atoms with Gasteiger partial charge >= 0.3 is 6.18 Å². The van der Waals surface area contributed by atoms with Crippen LogP contribution in [0.2, 0.25) is 0 Å². The van der Waals surface area contributed by atoms with Crippen molar-refractivity contribution in [2.24, 2.45) is 0 Å². The van der Waals surface area contributed by atoms with Gasteiger partial charge in [0.05, 0.1) is 17.8 Å². The van der Waals surface area contributed by atoms with Crippen molar-refractivity contribution >= 4 is 0 Å². The Morgan fingerprint density at radius 3 is 2.28 bits per heavy atom. The standard InChI is InChI=1S/C18H25F3N2O2/c1-10(2)15-13(5)22-25-17(15)12(4)7-6-11(3)16-14(9-24-23-16)8-18(19,20)21/h9-12H,6-8H2,1-5H3. The second-order valence-electron chi connectivity index (χ2n) is 7.10. The van der Waals surface area contributed by atoms with Crippen LogP contribution in [0.25, 0.3) is 0 Å². The highest BCUT2D eigenvalue weighted by Gasteiger charge is 2.31. The molecule has 0 radical (unpaired) electrons. The molecule has 0 N–H and O–H groups in total. The van der Waals surface area contributed by atoms with Crippen LogP contribution in [-0.4, -0.2) is 16.5 Å². The summed E-state index contributed by atoms with van der Waals surface area (Å²) < 4.78 is 48.2. The fourth-order valence-corrected chi connectivity index (χ4v) is 3.24. The van der Waals surface area contributed by atoms with E-state index in [9.17, 15) is 13.2 Å². The van der Waals surface area contributed by atoms with Crippen LogP contribution in [-0.2, 0) is 6.42 Å². The summed E-state index contributed by atoms with van der Waals surface area (Å²) in [4.78, 5) is 0. The van der Waals surface area contributed by atoms with Crippen molar-refractivity contribution < 1.29 is 22.2 Å². The van der Waals surface area contributed by atoms with Crippen LogP contribution < -0.4 is 0 Å². The van der Waals surface area contributed by atoms with Crippen molar-refractivity contribution in [1.82, 2.24) is 10.3 Å². The fourth-order valence-electron chi connectivity index (χ4n) is 3.24. The Bertz CT molecular complexity index is 689. The van der Waals surface area contributed by atoms with Gasteiger partial charge in [-0.15, -0.1) is 0 Å². The molecule has 0 amide bonds. The van der Waals surface area contributed by atoms with Gasteiger partial charge in [0.15, 0.2) is 0 Å². The van der Waals surface area contributed by atoms with Crippen molar-refractivity contribution in [3.8, 4) is 0 Å². The number of nitrogens with zero attached hydrogens (tertiary/aromatic N) is 2. The maximum Gasteiger partial charge on any atom is 0.393 e. The lowest BCUT2D eigenvalue weighted by atomic mass is 9.89. The van der Waals surface area contributed by atoms with E-state index < -0.39 is 12.6 Å². The van der Waals surface area contributed by atoms with E-state index in [1.807, 2.05) is 13.8 Å². The molecule has 2 aromatic heterocycles. The lowest BCUT2D eigenvalue weighted by Gasteiger charge is -2.15. The average Bonchev–Trinajstić information content (AvgIpc) is 3.09. The summed E-state index contributed by atoms with van der Waals surface area (Å²) in [5, 5.41) is 7.85. The molecule has 0 spiro atoms. The van der Waals surface area contributed by atoms with Gasteiger partial charge in [-0.2, -0.15) is 13.2 Å². The van der Waals surface area contributed by atoms with Crippen LogP contribution in [0.15, 0.2) is 15.3 Å². The monoisotopic (exact) mass is 358 g/mol. The van der Waals surface area contributed by atoms with E-state index in [0.29, 0.717) is 18.0 Å². The first-order valence-corrected chi connectivity index (χ1v) is 8.56. The van der Waals surface area contributed by atoms with Crippen molar-refractivity contribution in [3.05, 3.63) is 34.5 Å². The van der Waals surface area contributed by atoms with E-state index in [1.165, 1.54) is 0 Å². The minimum Gasteiger partial charge on any atom is -0.364 e. The highest BCUT2D eigenvalue weighted by Crippen LogP contribution is 2.34. The Morgan fingerprint density at radius 2 is 1.68 bits per heavy atom. The number of aryl methyl sites for hydroxylation is 1.